The van der Waals surface area contributed by atoms with Crippen molar-refractivity contribution in [1.29, 1.82) is 0 Å². The number of rotatable bonds is 6. The minimum absolute atomic E-state index is 0.00400. The first-order valence-electron chi connectivity index (χ1n) is 6.68. The monoisotopic (exact) mass is 306 g/mol. The van der Waals surface area contributed by atoms with Gasteiger partial charge in [-0.2, -0.15) is 5.10 Å². The fourth-order valence-corrected chi connectivity index (χ4v) is 2.46. The number of hydrogen-bond acceptors (Lipinski definition) is 4. The van der Waals surface area contributed by atoms with Crippen molar-refractivity contribution in [3.8, 4) is 0 Å². The smallest absolute Gasteiger partial charge is 0.262 e. The van der Waals surface area contributed by atoms with Gasteiger partial charge in [0.05, 0.1) is 17.1 Å². The summed E-state index contributed by atoms with van der Waals surface area (Å²) < 4.78 is 0. The van der Waals surface area contributed by atoms with Crippen LogP contribution < -0.4 is 10.6 Å². The highest BCUT2D eigenvalue weighted by Crippen LogP contribution is 2.10. The van der Waals surface area contributed by atoms with Crippen LogP contribution in [0, 0.1) is 5.92 Å². The van der Waals surface area contributed by atoms with Gasteiger partial charge in [-0.15, -0.1) is 11.3 Å². The van der Waals surface area contributed by atoms with E-state index in [1.807, 2.05) is 25.3 Å². The molecule has 0 aromatic carbocycles. The quantitative estimate of drug-likeness (QED) is 0.756. The maximum atomic E-state index is 12.2. The standard InChI is InChI=1S/C14H18N4O2S/c1-9(2)12(17-13(19)11-4-3-7-21-11)14(20)15-8-10-5-6-16-18-10/h3-7,9,12H,8H2,1-2H3,(H,15,20)(H,16,18)(H,17,19)/t12-/m1/s1. The van der Waals surface area contributed by atoms with Crippen molar-refractivity contribution in [2.75, 3.05) is 0 Å². The zero-order chi connectivity index (χ0) is 15.2. The number of carbonyl (C=O) groups is 2. The van der Waals surface area contributed by atoms with E-state index < -0.39 is 6.04 Å². The van der Waals surface area contributed by atoms with Gasteiger partial charge in [0.15, 0.2) is 0 Å². The SMILES string of the molecule is CC(C)[C@@H](NC(=O)c1cccs1)C(=O)NCc1ccn[nH]1. The van der Waals surface area contributed by atoms with E-state index in [1.54, 1.807) is 18.3 Å². The van der Waals surface area contributed by atoms with Gasteiger partial charge in [0.2, 0.25) is 5.91 Å². The number of carbonyl (C=O) groups excluding carboxylic acids is 2. The average molecular weight is 306 g/mol. The number of aromatic nitrogens is 2. The van der Waals surface area contributed by atoms with E-state index >= 15 is 0 Å². The van der Waals surface area contributed by atoms with Gasteiger partial charge in [-0.3, -0.25) is 14.7 Å². The summed E-state index contributed by atoms with van der Waals surface area (Å²) in [4.78, 5) is 24.9. The third-order valence-corrected chi connectivity index (χ3v) is 3.86. The van der Waals surface area contributed by atoms with Gasteiger partial charge in [0, 0.05) is 6.20 Å². The number of thiophene rings is 1. The van der Waals surface area contributed by atoms with Crippen LogP contribution >= 0.6 is 11.3 Å². The minimum atomic E-state index is -0.567. The number of nitrogens with one attached hydrogen (secondary N) is 3. The van der Waals surface area contributed by atoms with Crippen molar-refractivity contribution in [1.82, 2.24) is 20.8 Å². The van der Waals surface area contributed by atoms with Crippen molar-refractivity contribution in [2.24, 2.45) is 5.92 Å². The maximum Gasteiger partial charge on any atom is 0.262 e. The van der Waals surface area contributed by atoms with Gasteiger partial charge in [0.25, 0.3) is 5.91 Å². The molecule has 112 valence electrons. The summed E-state index contributed by atoms with van der Waals surface area (Å²) in [6.07, 6.45) is 1.62. The van der Waals surface area contributed by atoms with Crippen LogP contribution in [0.25, 0.3) is 0 Å². The largest absolute Gasteiger partial charge is 0.349 e. The van der Waals surface area contributed by atoms with Crippen molar-refractivity contribution in [2.45, 2.75) is 26.4 Å². The summed E-state index contributed by atoms with van der Waals surface area (Å²) in [6, 6.07) is 4.76. The lowest BCUT2D eigenvalue weighted by atomic mass is 10.0. The summed E-state index contributed by atoms with van der Waals surface area (Å²) in [5, 5.41) is 14.0. The second kappa shape index (κ2) is 7.03. The molecule has 2 amide bonds. The van der Waals surface area contributed by atoms with Crippen LogP contribution in [0.4, 0.5) is 0 Å². The van der Waals surface area contributed by atoms with Crippen LogP contribution in [-0.4, -0.2) is 28.1 Å². The van der Waals surface area contributed by atoms with E-state index in [0.29, 0.717) is 11.4 Å². The summed E-state index contributed by atoms with van der Waals surface area (Å²) in [5.41, 5.74) is 0.815. The van der Waals surface area contributed by atoms with Gasteiger partial charge in [-0.1, -0.05) is 19.9 Å². The predicted octanol–water partition coefficient (Wildman–Crippen LogP) is 1.54. The zero-order valence-electron chi connectivity index (χ0n) is 11.9. The Morgan fingerprint density at radius 1 is 1.38 bits per heavy atom. The molecule has 2 aromatic rings. The molecule has 2 aromatic heterocycles. The summed E-state index contributed by atoms with van der Waals surface area (Å²) >= 11 is 1.35. The van der Waals surface area contributed by atoms with Crippen LogP contribution in [0.15, 0.2) is 29.8 Å². The molecule has 0 fully saturated rings. The third kappa shape index (κ3) is 4.16. The second-order valence-electron chi connectivity index (χ2n) is 4.97. The first-order valence-corrected chi connectivity index (χ1v) is 7.56. The van der Waals surface area contributed by atoms with Crippen LogP contribution in [0.1, 0.15) is 29.2 Å². The molecule has 3 N–H and O–H groups in total. The lowest BCUT2D eigenvalue weighted by molar-refractivity contribution is -0.124. The summed E-state index contributed by atoms with van der Waals surface area (Å²) in [5.74, 6) is -0.430. The van der Waals surface area contributed by atoms with Crippen LogP contribution in [0.3, 0.4) is 0 Å². The van der Waals surface area contributed by atoms with E-state index in [-0.39, 0.29) is 17.7 Å². The molecule has 0 radical (unpaired) electrons. The fourth-order valence-electron chi connectivity index (χ4n) is 1.83. The molecule has 6 nitrogen and oxygen atoms in total. The Bertz CT molecular complexity index is 578. The van der Waals surface area contributed by atoms with E-state index in [4.69, 9.17) is 0 Å². The molecule has 0 aliphatic rings. The van der Waals surface area contributed by atoms with Gasteiger partial charge < -0.3 is 10.6 Å². The second-order valence-corrected chi connectivity index (χ2v) is 5.92. The zero-order valence-corrected chi connectivity index (χ0v) is 12.7. The molecular weight excluding hydrogens is 288 g/mol. The van der Waals surface area contributed by atoms with Crippen molar-refractivity contribution in [3.63, 3.8) is 0 Å². The Morgan fingerprint density at radius 3 is 2.76 bits per heavy atom. The van der Waals surface area contributed by atoms with Gasteiger partial charge in [-0.25, -0.2) is 0 Å². The van der Waals surface area contributed by atoms with Gasteiger partial charge in [0.1, 0.15) is 6.04 Å². The first-order chi connectivity index (χ1) is 10.1. The number of hydrogen-bond donors (Lipinski definition) is 3. The molecule has 2 rings (SSSR count). The van der Waals surface area contributed by atoms with E-state index in [0.717, 1.165) is 5.69 Å². The number of nitrogens with zero attached hydrogens (tertiary/aromatic N) is 1. The maximum absolute atomic E-state index is 12.2. The number of amides is 2. The molecule has 7 heteroatoms. The first kappa shape index (κ1) is 15.2. The van der Waals surface area contributed by atoms with Crippen molar-refractivity contribution >= 4 is 23.2 Å². The number of aromatic amines is 1. The van der Waals surface area contributed by atoms with Crippen LogP contribution in [0.5, 0.6) is 0 Å². The third-order valence-electron chi connectivity index (χ3n) is 2.99. The summed E-state index contributed by atoms with van der Waals surface area (Å²) in [6.45, 7) is 4.15. The predicted molar refractivity (Wildman–Crippen MR) is 80.8 cm³/mol. The number of H-pyrrole nitrogens is 1. The Morgan fingerprint density at radius 2 is 2.19 bits per heavy atom. The average Bonchev–Trinajstić information content (AvgIpc) is 3.13. The Hall–Kier alpha value is -2.15. The van der Waals surface area contributed by atoms with E-state index in [1.165, 1.54) is 11.3 Å². The minimum Gasteiger partial charge on any atom is -0.349 e. The van der Waals surface area contributed by atoms with E-state index in [2.05, 4.69) is 20.8 Å². The molecular formula is C14H18N4O2S. The fraction of sp³-hybridized carbons (Fsp3) is 0.357. The van der Waals surface area contributed by atoms with Crippen molar-refractivity contribution < 1.29 is 9.59 Å². The highest BCUT2D eigenvalue weighted by Gasteiger charge is 2.24. The molecule has 21 heavy (non-hydrogen) atoms. The highest BCUT2D eigenvalue weighted by atomic mass is 32.1. The van der Waals surface area contributed by atoms with E-state index in [9.17, 15) is 9.59 Å². The Labute approximate surface area is 127 Å². The van der Waals surface area contributed by atoms with Crippen LogP contribution in [0.2, 0.25) is 0 Å². The van der Waals surface area contributed by atoms with Crippen LogP contribution in [-0.2, 0) is 11.3 Å². The summed E-state index contributed by atoms with van der Waals surface area (Å²) in [7, 11) is 0. The topological polar surface area (TPSA) is 86.9 Å². The molecule has 2 heterocycles. The lowest BCUT2D eigenvalue weighted by Gasteiger charge is -2.21. The van der Waals surface area contributed by atoms with Gasteiger partial charge >= 0.3 is 0 Å². The van der Waals surface area contributed by atoms with Gasteiger partial charge in [-0.05, 0) is 23.4 Å². The normalized spacial score (nSPS) is 12.1. The Balaban J connectivity index is 1.94. The highest BCUT2D eigenvalue weighted by molar-refractivity contribution is 7.12. The Kier molecular flexibility index (Phi) is 5.10. The van der Waals surface area contributed by atoms with Crippen molar-refractivity contribution in [3.05, 3.63) is 40.3 Å². The molecule has 0 unspecified atom stereocenters. The molecule has 0 bridgehead atoms. The molecule has 1 atom stereocenters. The molecule has 0 saturated heterocycles. The molecule has 0 aliphatic heterocycles. The molecule has 0 aliphatic carbocycles. The molecule has 0 saturated carbocycles. The molecule has 0 spiro atoms. The lowest BCUT2D eigenvalue weighted by Crippen LogP contribution is -2.49.